The second-order valence-electron chi connectivity index (χ2n) is 6.27. The van der Waals surface area contributed by atoms with Crippen LogP contribution in [-0.2, 0) is 18.6 Å². The first-order valence-corrected chi connectivity index (χ1v) is 12.0. The lowest BCUT2D eigenvalue weighted by Crippen LogP contribution is -2.21. The molecule has 0 amide bonds. The van der Waals surface area contributed by atoms with Crippen LogP contribution in [0.5, 0.6) is 0 Å². The van der Waals surface area contributed by atoms with Gasteiger partial charge in [-0.05, 0) is 27.2 Å². The average molecular weight is 365 g/mol. The van der Waals surface area contributed by atoms with Crippen LogP contribution in [0.2, 0.25) is 0 Å². The third kappa shape index (κ3) is 11.6. The normalized spacial score (nSPS) is 14.2. The van der Waals surface area contributed by atoms with Crippen LogP contribution in [0.4, 0.5) is 0 Å². The van der Waals surface area contributed by atoms with Crippen LogP contribution in [0.15, 0.2) is 0 Å². The van der Waals surface area contributed by atoms with Gasteiger partial charge in [-0.3, -0.25) is 4.57 Å². The van der Waals surface area contributed by atoms with Gasteiger partial charge in [-0.2, -0.15) is 0 Å². The smallest absolute Gasteiger partial charge is 0.257 e. The molecule has 0 spiro atoms. The predicted molar refractivity (Wildman–Crippen MR) is 103 cm³/mol. The first-order valence-electron chi connectivity index (χ1n) is 10.1. The van der Waals surface area contributed by atoms with Crippen molar-refractivity contribution in [3.05, 3.63) is 0 Å². The van der Waals surface area contributed by atoms with E-state index in [0.29, 0.717) is 26.0 Å². The fourth-order valence-corrected chi connectivity index (χ4v) is 5.14. The molecule has 0 aliphatic rings. The molecular formula is C19H41O4P. The third-order valence-corrected chi connectivity index (χ3v) is 6.69. The Balaban J connectivity index is 3.97. The van der Waals surface area contributed by atoms with Crippen LogP contribution in [0.3, 0.4) is 0 Å². The van der Waals surface area contributed by atoms with Crippen molar-refractivity contribution in [2.45, 2.75) is 97.9 Å². The monoisotopic (exact) mass is 364 g/mol. The Bertz CT molecular complexity index is 304. The van der Waals surface area contributed by atoms with Crippen molar-refractivity contribution in [3.8, 4) is 0 Å². The maximum atomic E-state index is 13.1. The quantitative estimate of drug-likeness (QED) is 0.157. The summed E-state index contributed by atoms with van der Waals surface area (Å²) in [5, 5.41) is 0. The van der Waals surface area contributed by atoms with Gasteiger partial charge in [0.15, 0.2) is 0 Å². The average Bonchev–Trinajstić information content (AvgIpc) is 2.56. The number of rotatable bonds is 18. The molecule has 0 aromatic rings. The molecular weight excluding hydrogens is 323 g/mol. The van der Waals surface area contributed by atoms with E-state index < -0.39 is 13.4 Å². The van der Waals surface area contributed by atoms with Gasteiger partial charge in [0.1, 0.15) is 0 Å². The molecule has 0 saturated heterocycles. The molecule has 0 fully saturated rings. The first-order chi connectivity index (χ1) is 11.6. The summed E-state index contributed by atoms with van der Waals surface area (Å²) in [5.74, 6) is 0. The third-order valence-electron chi connectivity index (χ3n) is 4.11. The van der Waals surface area contributed by atoms with E-state index in [0.717, 1.165) is 12.8 Å². The zero-order chi connectivity index (χ0) is 18.1. The molecule has 0 radical (unpaired) electrons. The molecule has 0 N–H and O–H groups in total. The summed E-state index contributed by atoms with van der Waals surface area (Å²) in [6, 6.07) is -0.703. The van der Waals surface area contributed by atoms with Crippen LogP contribution in [0.25, 0.3) is 0 Å². The fourth-order valence-electron chi connectivity index (χ4n) is 2.83. The molecule has 5 heteroatoms. The van der Waals surface area contributed by atoms with Gasteiger partial charge < -0.3 is 14.0 Å². The van der Waals surface area contributed by atoms with E-state index in [1.54, 1.807) is 0 Å². The Hall–Kier alpha value is 0.110. The Morgan fingerprint density at radius 3 is 1.54 bits per heavy atom. The standard InChI is InChI=1S/C19H41O4P/c1-5-9-10-11-12-13-14-15-16-17-18-24(20,23-8-4)19(21-6-2)22-7-3/h19H,5-18H2,1-4H3. The largest absolute Gasteiger partial charge is 0.345 e. The van der Waals surface area contributed by atoms with Gasteiger partial charge in [0.05, 0.1) is 6.61 Å². The van der Waals surface area contributed by atoms with Crippen molar-refractivity contribution in [1.29, 1.82) is 0 Å². The number of unbranched alkanes of at least 4 members (excludes halogenated alkanes) is 9. The molecule has 1 unspecified atom stereocenters. The maximum Gasteiger partial charge on any atom is 0.257 e. The van der Waals surface area contributed by atoms with Gasteiger partial charge in [0.2, 0.25) is 6.03 Å². The Labute approximate surface area is 150 Å². The van der Waals surface area contributed by atoms with E-state index in [4.69, 9.17) is 14.0 Å². The second kappa shape index (κ2) is 16.6. The van der Waals surface area contributed by atoms with Crippen LogP contribution >= 0.6 is 7.37 Å². The van der Waals surface area contributed by atoms with Crippen LogP contribution in [0.1, 0.15) is 91.9 Å². The summed E-state index contributed by atoms with van der Waals surface area (Å²) < 4.78 is 29.7. The molecule has 0 aliphatic heterocycles. The minimum Gasteiger partial charge on any atom is -0.345 e. The van der Waals surface area contributed by atoms with E-state index in [2.05, 4.69) is 6.92 Å². The highest BCUT2D eigenvalue weighted by molar-refractivity contribution is 7.59. The molecule has 0 saturated carbocycles. The highest BCUT2D eigenvalue weighted by Crippen LogP contribution is 2.53. The number of ether oxygens (including phenoxy) is 2. The molecule has 0 aromatic heterocycles. The van der Waals surface area contributed by atoms with Crippen molar-refractivity contribution in [3.63, 3.8) is 0 Å². The Morgan fingerprint density at radius 2 is 1.12 bits per heavy atom. The summed E-state index contributed by atoms with van der Waals surface area (Å²) >= 11 is 0. The maximum absolute atomic E-state index is 13.1. The highest BCUT2D eigenvalue weighted by atomic mass is 31.2. The lowest BCUT2D eigenvalue weighted by molar-refractivity contribution is -0.0888. The molecule has 24 heavy (non-hydrogen) atoms. The van der Waals surface area contributed by atoms with Crippen molar-refractivity contribution in [2.75, 3.05) is 26.0 Å². The van der Waals surface area contributed by atoms with E-state index >= 15 is 0 Å². The molecule has 0 heterocycles. The van der Waals surface area contributed by atoms with Gasteiger partial charge in [-0.15, -0.1) is 0 Å². The van der Waals surface area contributed by atoms with Gasteiger partial charge >= 0.3 is 0 Å². The minimum atomic E-state index is -2.88. The fraction of sp³-hybridized carbons (Fsp3) is 1.00. The van der Waals surface area contributed by atoms with Crippen LogP contribution in [-0.4, -0.2) is 32.0 Å². The topological polar surface area (TPSA) is 44.8 Å². The number of hydrogen-bond donors (Lipinski definition) is 0. The highest BCUT2D eigenvalue weighted by Gasteiger charge is 2.35. The SMILES string of the molecule is CCCCCCCCCCCCP(=O)(OCC)C(OCC)OCC. The van der Waals surface area contributed by atoms with E-state index in [9.17, 15) is 4.57 Å². The zero-order valence-electron chi connectivity index (χ0n) is 16.6. The van der Waals surface area contributed by atoms with Crippen molar-refractivity contribution >= 4 is 7.37 Å². The lowest BCUT2D eigenvalue weighted by atomic mass is 10.1. The van der Waals surface area contributed by atoms with Gasteiger partial charge in [0.25, 0.3) is 7.37 Å². The first kappa shape index (κ1) is 24.1. The van der Waals surface area contributed by atoms with Crippen LogP contribution < -0.4 is 0 Å². The summed E-state index contributed by atoms with van der Waals surface area (Å²) in [4.78, 5) is 0. The predicted octanol–water partition coefficient (Wildman–Crippen LogP) is 6.58. The Morgan fingerprint density at radius 1 is 0.667 bits per heavy atom. The van der Waals surface area contributed by atoms with Crippen LogP contribution in [0, 0.1) is 0 Å². The molecule has 1 atom stereocenters. The van der Waals surface area contributed by atoms with E-state index in [1.807, 2.05) is 20.8 Å². The summed E-state index contributed by atoms with van der Waals surface area (Å²) in [6.07, 6.45) is 13.2. The Kier molecular flexibility index (Phi) is 16.6. The lowest BCUT2D eigenvalue weighted by Gasteiger charge is -2.26. The zero-order valence-corrected chi connectivity index (χ0v) is 17.5. The van der Waals surface area contributed by atoms with Crippen molar-refractivity contribution < 1.29 is 18.6 Å². The van der Waals surface area contributed by atoms with Crippen molar-refractivity contribution in [2.24, 2.45) is 0 Å². The number of hydrogen-bond acceptors (Lipinski definition) is 4. The second-order valence-corrected chi connectivity index (χ2v) is 8.85. The summed E-state index contributed by atoms with van der Waals surface area (Å²) in [6.45, 7) is 9.32. The molecule has 0 bridgehead atoms. The van der Waals surface area contributed by atoms with Gasteiger partial charge in [-0.25, -0.2) is 0 Å². The summed E-state index contributed by atoms with van der Waals surface area (Å²) in [7, 11) is -2.88. The van der Waals surface area contributed by atoms with Gasteiger partial charge in [0, 0.05) is 19.4 Å². The summed E-state index contributed by atoms with van der Waals surface area (Å²) in [5.41, 5.74) is 0. The molecule has 0 rings (SSSR count). The van der Waals surface area contributed by atoms with E-state index in [1.165, 1.54) is 51.4 Å². The van der Waals surface area contributed by atoms with E-state index in [-0.39, 0.29) is 0 Å². The van der Waals surface area contributed by atoms with Gasteiger partial charge in [-0.1, -0.05) is 64.7 Å². The molecule has 0 aromatic carbocycles. The van der Waals surface area contributed by atoms with Crippen molar-refractivity contribution in [1.82, 2.24) is 0 Å². The molecule has 4 nitrogen and oxygen atoms in total. The molecule has 0 aliphatic carbocycles. The molecule has 146 valence electrons. The minimum absolute atomic E-state index is 0.436.